The Morgan fingerprint density at radius 1 is 0.910 bits per heavy atom. The third-order valence-corrected chi connectivity index (χ3v) is 15.3. The second kappa shape index (κ2) is 21.3. The Labute approximate surface area is 402 Å². The number of ether oxygens (including phenoxy) is 2. The number of fused-ring (bicyclic) bond motifs is 3. The molecular weight excluding hydrogens is 888 g/mol. The monoisotopic (exact) mass is 950 g/mol. The van der Waals surface area contributed by atoms with E-state index in [1.807, 2.05) is 71.9 Å². The van der Waals surface area contributed by atoms with Crippen LogP contribution in [0.15, 0.2) is 87.5 Å². The SMILES string of the molecule is C\C=C(/N=C(Nc1ccccc1[S+]([O-])C(C)C)\C(Cl)=C/C)Nc1cc(C)c(C2CCN(CC(CO)C3CCc4c(O)c5c(c(O)c4C3)C(=O)c3cccc(OC)c3C5=O)CC2)cc1OC(C)C. The zero-order valence-electron chi connectivity index (χ0n) is 39.7. The third-order valence-electron chi connectivity index (χ3n) is 13.2. The molecule has 1 fully saturated rings. The predicted molar refractivity (Wildman–Crippen MR) is 267 cm³/mol. The molecule has 0 aromatic heterocycles. The van der Waals surface area contributed by atoms with Gasteiger partial charge in [0.05, 0.1) is 46.3 Å². The maximum atomic E-state index is 13.8. The molecule has 0 saturated carbocycles. The van der Waals surface area contributed by atoms with Crippen LogP contribution >= 0.6 is 11.6 Å². The number of phenols is 2. The van der Waals surface area contributed by atoms with Crippen molar-refractivity contribution in [3.05, 3.63) is 122 Å². The Kier molecular flexibility index (Phi) is 15.8. The van der Waals surface area contributed by atoms with E-state index in [1.54, 1.807) is 18.2 Å². The number of hydrogen-bond donors (Lipinski definition) is 5. The fraction of sp³-hybridized carbons (Fsp3) is 0.415. The Hall–Kier alpha value is -5.31. The van der Waals surface area contributed by atoms with E-state index in [0.29, 0.717) is 70.0 Å². The van der Waals surface area contributed by atoms with Gasteiger partial charge in [0, 0.05) is 29.8 Å². The van der Waals surface area contributed by atoms with Gasteiger partial charge in [-0.05, 0) is 170 Å². The van der Waals surface area contributed by atoms with E-state index >= 15 is 0 Å². The van der Waals surface area contributed by atoms with Crippen molar-refractivity contribution in [2.45, 2.75) is 103 Å². The van der Waals surface area contributed by atoms with Crippen LogP contribution in [-0.4, -0.2) is 86.9 Å². The summed E-state index contributed by atoms with van der Waals surface area (Å²) in [5.41, 5.74) is 4.59. The van der Waals surface area contributed by atoms with Gasteiger partial charge in [-0.1, -0.05) is 41.9 Å². The molecule has 0 amide bonds. The van der Waals surface area contributed by atoms with Crippen molar-refractivity contribution in [2.24, 2.45) is 16.8 Å². The normalized spacial score (nSPS) is 18.1. The molecule has 4 aromatic carbocycles. The molecule has 1 saturated heterocycles. The zero-order valence-corrected chi connectivity index (χ0v) is 41.2. The van der Waals surface area contributed by atoms with E-state index < -0.39 is 22.7 Å². The number of allylic oxidation sites excluding steroid dienone is 2. The largest absolute Gasteiger partial charge is 0.611 e. The molecule has 0 bridgehead atoms. The van der Waals surface area contributed by atoms with Crippen molar-refractivity contribution >= 4 is 51.6 Å². The van der Waals surface area contributed by atoms with Crippen molar-refractivity contribution in [1.29, 1.82) is 0 Å². The Morgan fingerprint density at radius 2 is 1.61 bits per heavy atom. The lowest BCUT2D eigenvalue weighted by Crippen LogP contribution is -2.40. The molecular formula is C53H63ClN4O8S. The first-order valence-electron chi connectivity index (χ1n) is 23.2. The number of carbonyl (C=O) groups is 2. The number of nitrogens with one attached hydrogen (secondary N) is 2. The lowest BCUT2D eigenvalue weighted by molar-refractivity contribution is 0.0964. The number of para-hydroxylation sites is 1. The number of ketones is 2. The molecule has 3 unspecified atom stereocenters. The van der Waals surface area contributed by atoms with Crippen LogP contribution in [0.5, 0.6) is 23.0 Å². The number of aliphatic hydroxyl groups is 1. The number of rotatable bonds is 15. The lowest BCUT2D eigenvalue weighted by atomic mass is 9.72. The molecule has 1 heterocycles. The second-order valence-corrected chi connectivity index (χ2v) is 20.6. The van der Waals surface area contributed by atoms with E-state index in [4.69, 9.17) is 26.1 Å². The molecule has 7 rings (SSSR count). The number of methoxy groups -OCH3 is 1. The highest BCUT2D eigenvalue weighted by molar-refractivity contribution is 7.92. The van der Waals surface area contributed by atoms with E-state index in [-0.39, 0.29) is 75.2 Å². The topological polar surface area (TPSA) is 176 Å². The average molecular weight is 952 g/mol. The number of aliphatic hydroxyl groups excluding tert-OH is 1. The molecule has 0 spiro atoms. The molecule has 2 aliphatic carbocycles. The first-order valence-corrected chi connectivity index (χ1v) is 24.8. The van der Waals surface area contributed by atoms with Gasteiger partial charge < -0.3 is 44.9 Å². The van der Waals surface area contributed by atoms with Crippen molar-refractivity contribution in [1.82, 2.24) is 4.90 Å². The minimum atomic E-state index is -1.24. The van der Waals surface area contributed by atoms with Gasteiger partial charge in [0.25, 0.3) is 0 Å². The maximum absolute atomic E-state index is 13.8. The van der Waals surface area contributed by atoms with Crippen molar-refractivity contribution in [3.8, 4) is 23.0 Å². The number of piperidine rings is 1. The fourth-order valence-corrected chi connectivity index (χ4v) is 10.9. The molecule has 356 valence electrons. The minimum absolute atomic E-state index is 0.0168. The average Bonchev–Trinajstić information content (AvgIpc) is 3.33. The van der Waals surface area contributed by atoms with Gasteiger partial charge in [-0.15, -0.1) is 0 Å². The lowest BCUT2D eigenvalue weighted by Gasteiger charge is -2.38. The first kappa shape index (κ1) is 49.6. The molecule has 4 aromatic rings. The standard InChI is InChI=1S/C53H63ClN4O8S/c1-9-39(54)53(56-40-15-11-12-17-44(40)67(64)30(5)6)57-45(10-2)55-41-24-31(7)37(26-43(41)66-29(3)4)32-20-22-58(23-21-32)27-34(28-59)33-18-19-35-38(25-33)51(62)47-48(49(35)60)52(63)46-36(50(47)61)14-13-16-42(46)65-8/h9-17,24,26,29-30,32-34,55,59-60,62H,18-23,25,27-28H2,1-8H3,(H,56,57)/b39-9+,45-10-. The van der Waals surface area contributed by atoms with Crippen LogP contribution in [0, 0.1) is 18.8 Å². The quantitative estimate of drug-likeness (QED) is 0.0292. The smallest absolute Gasteiger partial charge is 0.202 e. The predicted octanol–water partition coefficient (Wildman–Crippen LogP) is 10.0. The van der Waals surface area contributed by atoms with Gasteiger partial charge in [0.15, 0.2) is 16.5 Å². The highest BCUT2D eigenvalue weighted by atomic mass is 35.5. The summed E-state index contributed by atoms with van der Waals surface area (Å²) in [5.74, 6) is 0.446. The molecule has 3 aliphatic rings. The highest BCUT2D eigenvalue weighted by Crippen LogP contribution is 2.48. The number of phenolic OH excluding ortho intramolecular Hbond substituents is 2. The van der Waals surface area contributed by atoms with Crippen LogP contribution in [0.4, 0.5) is 11.4 Å². The van der Waals surface area contributed by atoms with Crippen molar-refractivity contribution < 1.29 is 38.9 Å². The molecule has 5 N–H and O–H groups in total. The highest BCUT2D eigenvalue weighted by Gasteiger charge is 2.41. The number of aryl methyl sites for hydroxylation is 1. The Bertz CT molecular complexity index is 2620. The van der Waals surface area contributed by atoms with E-state index in [1.165, 1.54) is 18.7 Å². The number of anilines is 2. The molecule has 67 heavy (non-hydrogen) atoms. The molecule has 1 aliphatic heterocycles. The maximum Gasteiger partial charge on any atom is 0.202 e. The summed E-state index contributed by atoms with van der Waals surface area (Å²) in [6.45, 7) is 16.0. The van der Waals surface area contributed by atoms with Crippen LogP contribution in [0.3, 0.4) is 0 Å². The Balaban J connectivity index is 1.05. The Morgan fingerprint density at radius 3 is 2.27 bits per heavy atom. The van der Waals surface area contributed by atoms with Crippen LogP contribution < -0.4 is 20.1 Å². The summed E-state index contributed by atoms with van der Waals surface area (Å²) < 4.78 is 25.0. The van der Waals surface area contributed by atoms with Gasteiger partial charge in [0.1, 0.15) is 34.1 Å². The van der Waals surface area contributed by atoms with Gasteiger partial charge in [-0.3, -0.25) is 9.59 Å². The van der Waals surface area contributed by atoms with Gasteiger partial charge in [-0.25, -0.2) is 4.99 Å². The summed E-state index contributed by atoms with van der Waals surface area (Å²) in [5, 5.41) is 41.1. The van der Waals surface area contributed by atoms with Crippen molar-refractivity contribution in [3.63, 3.8) is 0 Å². The molecule has 12 nitrogen and oxygen atoms in total. The number of aliphatic imine (C=N–C) groups is 1. The van der Waals surface area contributed by atoms with Gasteiger partial charge >= 0.3 is 0 Å². The van der Waals surface area contributed by atoms with Crippen LogP contribution in [0.25, 0.3) is 0 Å². The number of amidine groups is 1. The van der Waals surface area contributed by atoms with E-state index in [9.17, 15) is 29.5 Å². The van der Waals surface area contributed by atoms with E-state index in [2.05, 4.69) is 34.6 Å². The summed E-state index contributed by atoms with van der Waals surface area (Å²) in [4.78, 5) is 35.5. The summed E-state index contributed by atoms with van der Waals surface area (Å²) in [6, 6.07) is 16.5. The second-order valence-electron chi connectivity index (χ2n) is 18.2. The number of hydrogen-bond acceptors (Lipinski definition) is 11. The molecule has 0 radical (unpaired) electrons. The van der Waals surface area contributed by atoms with Crippen molar-refractivity contribution in [2.75, 3.05) is 44.0 Å². The number of carbonyl (C=O) groups excluding carboxylic acids is 2. The minimum Gasteiger partial charge on any atom is -0.611 e. The number of halogens is 1. The first-order chi connectivity index (χ1) is 32.1. The number of benzene rings is 4. The third kappa shape index (κ3) is 10.3. The summed E-state index contributed by atoms with van der Waals surface area (Å²) in [7, 11) is 1.42. The van der Waals surface area contributed by atoms with E-state index in [0.717, 1.165) is 37.2 Å². The van der Waals surface area contributed by atoms with Crippen LogP contribution in [-0.2, 0) is 24.0 Å². The molecule has 14 heteroatoms. The number of nitrogens with zero attached hydrogens (tertiary/aromatic N) is 2. The summed E-state index contributed by atoms with van der Waals surface area (Å²) >= 11 is 5.50. The fourth-order valence-electron chi connectivity index (χ4n) is 9.77. The summed E-state index contributed by atoms with van der Waals surface area (Å²) in [6.07, 6.45) is 6.76. The van der Waals surface area contributed by atoms with Crippen LogP contribution in [0.2, 0.25) is 0 Å². The van der Waals surface area contributed by atoms with Gasteiger partial charge in [0.2, 0.25) is 5.78 Å². The number of likely N-dealkylation sites (tertiary alicyclic amines) is 1. The van der Waals surface area contributed by atoms with Gasteiger partial charge in [-0.2, -0.15) is 0 Å². The zero-order chi connectivity index (χ0) is 48.3. The number of aromatic hydroxyl groups is 2. The van der Waals surface area contributed by atoms with Crippen LogP contribution in [0.1, 0.15) is 121 Å². The molecule has 3 atom stereocenters.